The van der Waals surface area contributed by atoms with Crippen LogP contribution in [-0.2, 0) is 15.6 Å². The van der Waals surface area contributed by atoms with Crippen molar-refractivity contribution in [1.82, 2.24) is 10.2 Å². The molecule has 0 aliphatic heterocycles. The summed E-state index contributed by atoms with van der Waals surface area (Å²) in [5.74, 6) is 0.193. The minimum atomic E-state index is -3.55. The van der Waals surface area contributed by atoms with E-state index in [9.17, 15) is 8.42 Å². The number of anilines is 1. The summed E-state index contributed by atoms with van der Waals surface area (Å²) in [5.41, 5.74) is 7.30. The first-order valence-corrected chi connectivity index (χ1v) is 8.86. The highest BCUT2D eigenvalue weighted by atomic mass is 35.5. The number of aromatic nitrogens is 2. The lowest BCUT2D eigenvalue weighted by Crippen LogP contribution is -2.07. The van der Waals surface area contributed by atoms with E-state index in [1.807, 2.05) is 18.2 Å². The first-order valence-electron chi connectivity index (χ1n) is 6.83. The van der Waals surface area contributed by atoms with Crippen molar-refractivity contribution in [2.45, 2.75) is 10.6 Å². The van der Waals surface area contributed by atoms with Crippen molar-refractivity contribution >= 4 is 27.3 Å². The molecule has 3 aromatic rings. The zero-order valence-electron chi connectivity index (χ0n) is 12.0. The molecule has 5 nitrogen and oxygen atoms in total. The van der Waals surface area contributed by atoms with Crippen LogP contribution < -0.4 is 5.73 Å². The highest BCUT2D eigenvalue weighted by molar-refractivity contribution is 7.90. The molecule has 2 aromatic carbocycles. The summed E-state index contributed by atoms with van der Waals surface area (Å²) in [4.78, 5) is 0.189. The van der Waals surface area contributed by atoms with E-state index >= 15 is 0 Å². The Hall–Kier alpha value is -2.31. The molecule has 118 valence electrons. The average Bonchev–Trinajstić information content (AvgIpc) is 2.94. The predicted octanol–water partition coefficient (Wildman–Crippen LogP) is 3.29. The Kier molecular flexibility index (Phi) is 4.11. The van der Waals surface area contributed by atoms with E-state index in [2.05, 4.69) is 10.2 Å². The van der Waals surface area contributed by atoms with Crippen LogP contribution >= 0.6 is 11.6 Å². The number of hydrogen-bond donors (Lipinski definition) is 2. The molecule has 3 rings (SSSR count). The second-order valence-electron chi connectivity index (χ2n) is 5.09. The van der Waals surface area contributed by atoms with Crippen LogP contribution in [-0.4, -0.2) is 18.6 Å². The van der Waals surface area contributed by atoms with E-state index in [1.165, 1.54) is 6.07 Å². The summed E-state index contributed by atoms with van der Waals surface area (Å²) in [6, 6.07) is 15.3. The lowest BCUT2D eigenvalue weighted by Gasteiger charge is -2.10. The van der Waals surface area contributed by atoms with Crippen molar-refractivity contribution in [3.63, 3.8) is 0 Å². The van der Waals surface area contributed by atoms with Gasteiger partial charge in [-0.05, 0) is 23.8 Å². The van der Waals surface area contributed by atoms with Crippen molar-refractivity contribution in [2.75, 3.05) is 5.73 Å². The number of benzene rings is 2. The zero-order chi connectivity index (χ0) is 16.4. The number of rotatable bonds is 4. The fourth-order valence-corrected chi connectivity index (χ4v) is 4.07. The van der Waals surface area contributed by atoms with Gasteiger partial charge in [-0.3, -0.25) is 5.10 Å². The quantitative estimate of drug-likeness (QED) is 0.757. The largest absolute Gasteiger partial charge is 0.382 e. The van der Waals surface area contributed by atoms with Crippen LogP contribution in [0.3, 0.4) is 0 Å². The normalized spacial score (nSPS) is 11.5. The third-order valence-electron chi connectivity index (χ3n) is 3.36. The summed E-state index contributed by atoms with van der Waals surface area (Å²) >= 11 is 6.02. The number of H-pyrrole nitrogens is 1. The maximum Gasteiger partial charge on any atom is 0.183 e. The number of nitrogen functional groups attached to an aromatic ring is 1. The number of nitrogens with zero attached hydrogens (tertiary/aromatic N) is 1. The maximum atomic E-state index is 12.8. The number of aromatic amines is 1. The molecule has 0 radical (unpaired) electrons. The minimum Gasteiger partial charge on any atom is -0.382 e. The van der Waals surface area contributed by atoms with Gasteiger partial charge in [0.1, 0.15) is 5.82 Å². The molecule has 0 fully saturated rings. The van der Waals surface area contributed by atoms with Crippen LogP contribution in [0.1, 0.15) is 5.56 Å². The average molecular weight is 348 g/mol. The van der Waals surface area contributed by atoms with Crippen molar-refractivity contribution in [3.05, 3.63) is 65.2 Å². The summed E-state index contributed by atoms with van der Waals surface area (Å²) < 4.78 is 25.6. The Morgan fingerprint density at radius 2 is 1.83 bits per heavy atom. The first-order chi connectivity index (χ1) is 11.0. The van der Waals surface area contributed by atoms with E-state index < -0.39 is 9.84 Å². The molecule has 0 saturated heterocycles. The highest BCUT2D eigenvalue weighted by Gasteiger charge is 2.21. The first kappa shape index (κ1) is 15.6. The van der Waals surface area contributed by atoms with Crippen molar-refractivity contribution in [1.29, 1.82) is 0 Å². The molecule has 0 aliphatic carbocycles. The molecule has 0 aliphatic rings. The molecule has 1 heterocycles. The molecule has 1 aromatic heterocycles. The zero-order valence-corrected chi connectivity index (χ0v) is 13.6. The van der Waals surface area contributed by atoms with Gasteiger partial charge in [0.15, 0.2) is 9.84 Å². The fourth-order valence-electron chi connectivity index (χ4n) is 2.33. The standard InChI is InChI=1S/C16H14ClN3O2S/c17-12-6-7-15(13(8-12)14-9-16(18)20-19-14)23(21,22)10-11-4-2-1-3-5-11/h1-9H,10H2,(H3,18,19,20). The van der Waals surface area contributed by atoms with Crippen molar-refractivity contribution < 1.29 is 8.42 Å². The molecule has 0 saturated carbocycles. The molecular weight excluding hydrogens is 334 g/mol. The van der Waals surface area contributed by atoms with Gasteiger partial charge < -0.3 is 5.73 Å². The molecule has 0 unspecified atom stereocenters. The van der Waals surface area contributed by atoms with Crippen molar-refractivity contribution in [3.8, 4) is 11.3 Å². The minimum absolute atomic E-state index is 0.0912. The Labute approximate surface area is 139 Å². The second-order valence-corrected chi connectivity index (χ2v) is 7.49. The van der Waals surface area contributed by atoms with Gasteiger partial charge in [0.05, 0.1) is 16.3 Å². The Morgan fingerprint density at radius 3 is 2.48 bits per heavy atom. The van der Waals surface area contributed by atoms with Crippen LogP contribution in [0.4, 0.5) is 5.82 Å². The molecule has 3 N–H and O–H groups in total. The van der Waals surface area contributed by atoms with Crippen LogP contribution in [0, 0.1) is 0 Å². The molecule has 7 heteroatoms. The number of hydrogen-bond acceptors (Lipinski definition) is 4. The molecule has 0 bridgehead atoms. The van der Waals surface area contributed by atoms with E-state index in [1.54, 1.807) is 30.3 Å². The smallest absolute Gasteiger partial charge is 0.183 e. The summed E-state index contributed by atoms with van der Waals surface area (Å²) in [6.07, 6.45) is 0. The molecule has 23 heavy (non-hydrogen) atoms. The van der Waals surface area contributed by atoms with Gasteiger partial charge in [-0.1, -0.05) is 41.9 Å². The maximum absolute atomic E-state index is 12.8. The van der Waals surface area contributed by atoms with Gasteiger partial charge in [-0.2, -0.15) is 5.10 Å². The van der Waals surface area contributed by atoms with Gasteiger partial charge in [0.25, 0.3) is 0 Å². The predicted molar refractivity (Wildman–Crippen MR) is 90.8 cm³/mol. The van der Waals surface area contributed by atoms with Crippen LogP contribution in [0.25, 0.3) is 11.3 Å². The lowest BCUT2D eigenvalue weighted by atomic mass is 10.1. The van der Waals surface area contributed by atoms with E-state index in [4.69, 9.17) is 17.3 Å². The molecule has 0 atom stereocenters. The lowest BCUT2D eigenvalue weighted by molar-refractivity contribution is 0.595. The highest BCUT2D eigenvalue weighted by Crippen LogP contribution is 2.31. The fraction of sp³-hybridized carbons (Fsp3) is 0.0625. The van der Waals surface area contributed by atoms with Crippen LogP contribution in [0.15, 0.2) is 59.5 Å². The second kappa shape index (κ2) is 6.06. The molecular formula is C16H14ClN3O2S. The number of sulfone groups is 1. The summed E-state index contributed by atoms with van der Waals surface area (Å²) in [7, 11) is -3.55. The van der Waals surface area contributed by atoms with E-state index in [0.717, 1.165) is 5.56 Å². The van der Waals surface area contributed by atoms with Crippen LogP contribution in [0.2, 0.25) is 5.02 Å². The number of halogens is 1. The number of nitrogens with two attached hydrogens (primary N) is 1. The van der Waals surface area contributed by atoms with E-state index in [-0.39, 0.29) is 16.5 Å². The van der Waals surface area contributed by atoms with Gasteiger partial charge in [0.2, 0.25) is 0 Å². The van der Waals surface area contributed by atoms with E-state index in [0.29, 0.717) is 16.3 Å². The summed E-state index contributed by atoms with van der Waals surface area (Å²) in [6.45, 7) is 0. The van der Waals surface area contributed by atoms with Gasteiger partial charge in [-0.15, -0.1) is 0 Å². The van der Waals surface area contributed by atoms with Gasteiger partial charge in [-0.25, -0.2) is 8.42 Å². The Morgan fingerprint density at radius 1 is 1.09 bits per heavy atom. The van der Waals surface area contributed by atoms with Crippen LogP contribution in [0.5, 0.6) is 0 Å². The van der Waals surface area contributed by atoms with Crippen molar-refractivity contribution in [2.24, 2.45) is 0 Å². The summed E-state index contributed by atoms with van der Waals surface area (Å²) in [5, 5.41) is 7.01. The SMILES string of the molecule is Nc1cc(-c2cc(Cl)ccc2S(=O)(=O)Cc2ccccc2)[nH]n1. The molecule has 0 amide bonds. The monoisotopic (exact) mass is 347 g/mol. The number of nitrogens with one attached hydrogen (secondary N) is 1. The Balaban J connectivity index is 2.09. The van der Waals surface area contributed by atoms with Gasteiger partial charge >= 0.3 is 0 Å². The third-order valence-corrected chi connectivity index (χ3v) is 5.34. The van der Waals surface area contributed by atoms with Gasteiger partial charge in [0, 0.05) is 16.7 Å². The molecule has 0 spiro atoms. The third kappa shape index (κ3) is 3.38. The Bertz CT molecular complexity index is 937. The topological polar surface area (TPSA) is 88.8 Å².